The fourth-order valence-electron chi connectivity index (χ4n) is 12.3. The lowest BCUT2D eigenvalue weighted by Crippen LogP contribution is -2.64. The van der Waals surface area contributed by atoms with E-state index < -0.39 is 245 Å². The first kappa shape index (κ1) is 77.6. The van der Waals surface area contributed by atoms with E-state index in [2.05, 4.69) is 21.3 Å². The summed E-state index contributed by atoms with van der Waals surface area (Å²) < 4.78 is 117. The maximum Gasteiger partial charge on any atom is 0.326 e. The average Bonchev–Trinajstić information content (AvgIpc) is 0.788. The molecular weight excluding hydrogens is 1430 g/mol. The number of carbonyl (C=O) groups is 6. The number of benzene rings is 6. The number of esters is 1. The van der Waals surface area contributed by atoms with Gasteiger partial charge in [0.25, 0.3) is 0 Å². The monoisotopic (exact) mass is 1500 g/mol. The first-order chi connectivity index (χ1) is 49.1. The molecule has 6 aliphatic heterocycles. The van der Waals surface area contributed by atoms with Gasteiger partial charge in [0.15, 0.2) is 29.7 Å². The first-order valence-corrected chi connectivity index (χ1v) is 33.3. The molecule has 0 spiro atoms. The summed E-state index contributed by atoms with van der Waals surface area (Å²) in [5.74, 6) is -29.7. The lowest BCUT2D eigenvalue weighted by atomic mass is 9.84. The maximum absolute atomic E-state index is 15.5. The zero-order valence-corrected chi connectivity index (χ0v) is 57.1. The smallest absolute Gasteiger partial charge is 0.326 e. The van der Waals surface area contributed by atoms with Gasteiger partial charge in [0, 0.05) is 55.1 Å². The van der Waals surface area contributed by atoms with Crippen molar-refractivity contribution < 1.29 is 125 Å². The quantitative estimate of drug-likeness (QED) is 0.0158. The van der Waals surface area contributed by atoms with Gasteiger partial charge in [-0.25, -0.2) is 13.2 Å². The Labute approximate surface area is 599 Å². The number of nitrogens with two attached hydrogens (primary N) is 2. The van der Waals surface area contributed by atoms with Crippen molar-refractivity contribution >= 4 is 58.6 Å². The van der Waals surface area contributed by atoms with Crippen molar-refractivity contribution in [3.8, 4) is 62.9 Å². The van der Waals surface area contributed by atoms with Crippen LogP contribution in [0.1, 0.15) is 106 Å². The number of hydrogen-bond acceptors (Lipinski definition) is 23. The van der Waals surface area contributed by atoms with Crippen LogP contribution in [0.15, 0.2) is 78.9 Å². The van der Waals surface area contributed by atoms with Crippen LogP contribution in [0.3, 0.4) is 0 Å². The number of ketones is 1. The molecule has 0 saturated carbocycles. The fraction of sp³-hybridized carbons (Fsp3) is 0.400. The average molecular weight is 1500 g/mol. The molecule has 2 saturated heterocycles. The van der Waals surface area contributed by atoms with Gasteiger partial charge in [0.2, 0.25) is 70.5 Å². The Morgan fingerprint density at radius 1 is 0.760 bits per heavy atom. The van der Waals surface area contributed by atoms with Gasteiger partial charge in [0.1, 0.15) is 65.1 Å². The van der Waals surface area contributed by atoms with E-state index in [-0.39, 0.29) is 62.6 Å². The molecule has 27 nitrogen and oxygen atoms in total. The first-order valence-electron chi connectivity index (χ1n) is 32.5. The van der Waals surface area contributed by atoms with E-state index in [1.807, 2.05) is 13.8 Å². The molecule has 6 heterocycles. The number of phenolic OH excluding ortho intramolecular Hbond substituents is 3. The zero-order chi connectivity index (χ0) is 75.7. The van der Waals surface area contributed by atoms with Gasteiger partial charge in [-0.3, -0.25) is 28.8 Å². The van der Waals surface area contributed by atoms with Crippen molar-refractivity contribution in [3.05, 3.63) is 146 Å². The maximum atomic E-state index is 15.5. The summed E-state index contributed by atoms with van der Waals surface area (Å²) in [6.45, 7) is 4.70. The van der Waals surface area contributed by atoms with Gasteiger partial charge in [0.05, 0.1) is 47.4 Å². The molecule has 558 valence electrons. The number of fused-ring (bicyclic) bond motifs is 15. The highest BCUT2D eigenvalue weighted by Gasteiger charge is 2.51. The minimum absolute atomic E-state index is 0.00395. The van der Waals surface area contributed by atoms with Crippen molar-refractivity contribution in [3.63, 3.8) is 0 Å². The summed E-state index contributed by atoms with van der Waals surface area (Å²) >= 11 is 14.1. The molecule has 4 amide bonds. The van der Waals surface area contributed by atoms with Crippen LogP contribution in [-0.2, 0) is 55.9 Å². The van der Waals surface area contributed by atoms with E-state index in [4.69, 9.17) is 67.8 Å². The molecule has 12 rings (SSSR count). The number of halogens is 7. The highest BCUT2D eigenvalue weighted by molar-refractivity contribution is 6.32. The van der Waals surface area contributed by atoms with Crippen molar-refractivity contribution in [1.82, 2.24) is 21.3 Å². The molecular formula is C70H73Cl2F5N6O21. The third kappa shape index (κ3) is 17.0. The topological polar surface area (TPSA) is 429 Å². The Morgan fingerprint density at radius 3 is 2.03 bits per heavy atom. The normalized spacial score (nSPS) is 26.1. The van der Waals surface area contributed by atoms with Crippen molar-refractivity contribution in [2.75, 3.05) is 13.2 Å². The number of aryl methyl sites for hydroxylation is 1. The Kier molecular flexibility index (Phi) is 24.0. The van der Waals surface area contributed by atoms with Crippen LogP contribution in [0.4, 0.5) is 22.0 Å². The number of Topliss-reactive ketones (excluding diaryl/α,β-unsaturated/α-hetero) is 1. The molecule has 6 aromatic carbocycles. The molecule has 14 unspecified atom stereocenters. The summed E-state index contributed by atoms with van der Waals surface area (Å²) in [6, 6.07) is 9.62. The molecule has 34 heteroatoms. The number of primary amides is 1. The number of amides is 4. The zero-order valence-electron chi connectivity index (χ0n) is 55.6. The number of phenols is 3. The van der Waals surface area contributed by atoms with Crippen LogP contribution in [0, 0.1) is 35.0 Å². The van der Waals surface area contributed by atoms with E-state index in [0.29, 0.717) is 18.6 Å². The van der Waals surface area contributed by atoms with Crippen LogP contribution in [0.5, 0.6) is 51.7 Å². The van der Waals surface area contributed by atoms with Crippen LogP contribution in [-0.4, -0.2) is 156 Å². The van der Waals surface area contributed by atoms with Gasteiger partial charge in [-0.1, -0.05) is 55.2 Å². The molecule has 0 radical (unpaired) electrons. The largest absolute Gasteiger partial charge is 0.508 e. The number of nitrogens with one attached hydrogen (secondary N) is 4. The van der Waals surface area contributed by atoms with E-state index in [9.17, 15) is 73.2 Å². The summed E-state index contributed by atoms with van der Waals surface area (Å²) in [7, 11) is 0. The highest BCUT2D eigenvalue weighted by atomic mass is 35.5. The second kappa shape index (κ2) is 32.1. The highest BCUT2D eigenvalue weighted by Crippen LogP contribution is 2.50. The molecule has 0 aliphatic carbocycles. The number of ether oxygens (including phenoxy) is 7. The SMILES string of the molecule is CC(C)CCC(=O)NC1CNC(CC(N)=O)C(=O)NC2C(=O)NCc3ccc(O)c(c3)-c3c(O)cc(O)cc3C(C(=O)Oc3c(F)c(F)c(F)c(F)c3F)C(=O)CCc3ccc(c(Cl)c3)Oc3cc2cc(c3OC2OC(CO)C(O)C(O)C2OC2CC(C)(N)C(O)C(C)O2)Oc2ccc(cc2Cl)C1O. The van der Waals surface area contributed by atoms with Crippen LogP contribution in [0.2, 0.25) is 10.0 Å². The molecule has 14 atom stereocenters. The Morgan fingerprint density at radius 2 is 1.40 bits per heavy atom. The molecule has 6 aliphatic rings. The third-order valence-electron chi connectivity index (χ3n) is 17.9. The van der Waals surface area contributed by atoms with E-state index >= 15 is 18.4 Å². The van der Waals surface area contributed by atoms with Gasteiger partial charge in [-0.15, -0.1) is 0 Å². The molecule has 16 N–H and O–H groups in total. The van der Waals surface area contributed by atoms with Crippen LogP contribution >= 0.6 is 23.2 Å². The number of carbonyl (C=O) groups excluding carboxylic acids is 6. The predicted molar refractivity (Wildman–Crippen MR) is 354 cm³/mol. The predicted octanol–water partition coefficient (Wildman–Crippen LogP) is 5.95. The van der Waals surface area contributed by atoms with Crippen molar-refractivity contribution in [2.24, 2.45) is 17.4 Å². The molecule has 6 aromatic rings. The Balaban J connectivity index is 1.18. The van der Waals surface area contributed by atoms with Gasteiger partial charge in [-0.05, 0) is 115 Å². The second-order valence-electron chi connectivity index (χ2n) is 26.2. The summed E-state index contributed by atoms with van der Waals surface area (Å²) in [6.07, 6.45) is -16.5. The third-order valence-corrected chi connectivity index (χ3v) is 18.5. The second-order valence-corrected chi connectivity index (χ2v) is 27.0. The van der Waals surface area contributed by atoms with E-state index in [1.54, 1.807) is 0 Å². The number of rotatable bonds is 13. The Hall–Kier alpha value is -9.03. The standard InChI is InChI=1S/C70H73Cl2F5N6O21/c1-27(2)5-14-49(90)82-39-25-80-38(22-48(78)89)66(95)83-58-32-18-45(62(46(19-32)100-44-13-9-31(59(39)91)17-37(44)72)104-69-64(61(93)60(92)47(26-84)101-69)102-50-23-70(4,79)65(94)28(3)98-50)99-43-12-8-29(16-36(43)71)6-11-41(87)52(68(97)103-63-56(76)54(74)53(73)55(75)57(63)77)35-20-33(85)21-42(88)51(35)34-15-30(7-10-40(34)86)24-81-67(58)96/h7-10,12-13,15-21,27-28,38-39,47,50,52,58-61,64-65,69,80,84-86,88,91-94H,5-6,11,14,22-26,79H2,1-4H3,(H2,78,89)(H,81,96)(H,82,90)(H,83,95). The minimum atomic E-state index is -2.63. The molecule has 9 bridgehead atoms. The van der Waals surface area contributed by atoms with Crippen molar-refractivity contribution in [1.29, 1.82) is 0 Å². The van der Waals surface area contributed by atoms with Crippen LogP contribution < -0.4 is 51.7 Å². The fourth-order valence-corrected chi connectivity index (χ4v) is 12.8. The number of aliphatic hydroxyl groups is 5. The Bertz CT molecular complexity index is 4290. The summed E-state index contributed by atoms with van der Waals surface area (Å²) in [5, 5.41) is 102. The summed E-state index contributed by atoms with van der Waals surface area (Å²) in [4.78, 5) is 86.5. The molecule has 0 aromatic heterocycles. The van der Waals surface area contributed by atoms with Gasteiger partial charge >= 0.3 is 5.97 Å². The summed E-state index contributed by atoms with van der Waals surface area (Å²) in [5.41, 5.74) is 8.81. The number of aliphatic hydroxyl groups excluding tert-OH is 5. The van der Waals surface area contributed by atoms with Crippen molar-refractivity contribution in [2.45, 2.75) is 158 Å². The number of hydrogen-bond donors (Lipinski definition) is 14. The van der Waals surface area contributed by atoms with E-state index in [0.717, 1.165) is 24.3 Å². The van der Waals surface area contributed by atoms with Crippen LogP contribution in [0.25, 0.3) is 11.1 Å². The lowest BCUT2D eigenvalue weighted by molar-refractivity contribution is -0.333. The minimum Gasteiger partial charge on any atom is -0.508 e. The van der Waals surface area contributed by atoms with Gasteiger partial charge in [-0.2, -0.15) is 8.78 Å². The number of aromatic hydroxyl groups is 3. The molecule has 104 heavy (non-hydrogen) atoms. The molecule has 2 fully saturated rings. The lowest BCUT2D eigenvalue weighted by Gasteiger charge is -2.47. The van der Waals surface area contributed by atoms with Gasteiger partial charge < -0.3 is 107 Å². The van der Waals surface area contributed by atoms with E-state index in [1.165, 1.54) is 56.3 Å².